The van der Waals surface area contributed by atoms with Crippen molar-refractivity contribution >= 4 is 34.8 Å². The minimum Gasteiger partial charge on any atom is -0.477 e. The Balaban J connectivity index is 2.03. The van der Waals surface area contributed by atoms with Crippen molar-refractivity contribution in [3.63, 3.8) is 0 Å². The molecule has 1 amide bonds. The van der Waals surface area contributed by atoms with Gasteiger partial charge in [0.1, 0.15) is 11.4 Å². The van der Waals surface area contributed by atoms with Crippen LogP contribution in [0.4, 0.5) is 0 Å². The van der Waals surface area contributed by atoms with E-state index in [9.17, 15) is 9.59 Å². The number of aromatic nitrogens is 1. The maximum absolute atomic E-state index is 11.8. The number of hydrogen-bond acceptors (Lipinski definition) is 4. The molecule has 2 heterocycles. The highest BCUT2D eigenvalue weighted by Gasteiger charge is 2.11. The fourth-order valence-corrected chi connectivity index (χ4v) is 2.41. The summed E-state index contributed by atoms with van der Waals surface area (Å²) in [7, 11) is 0. The molecule has 0 saturated carbocycles. The lowest BCUT2D eigenvalue weighted by molar-refractivity contribution is 0.0690. The third-order valence-electron chi connectivity index (χ3n) is 2.25. The fraction of sp³-hybridized carbons (Fsp3) is 0.0833. The van der Waals surface area contributed by atoms with Crippen molar-refractivity contribution in [3.05, 3.63) is 50.9 Å². The number of nitrogens with one attached hydrogen (secondary N) is 1. The van der Waals surface area contributed by atoms with Crippen molar-refractivity contribution < 1.29 is 14.7 Å². The van der Waals surface area contributed by atoms with E-state index in [0.717, 1.165) is 4.88 Å². The summed E-state index contributed by atoms with van der Waals surface area (Å²) in [6.45, 7) is 0.329. The molecule has 0 atom stereocenters. The molecule has 98 valence electrons. The Kier molecular flexibility index (Phi) is 4.13. The summed E-state index contributed by atoms with van der Waals surface area (Å²) in [5.74, 6) is -1.59. The Labute approximate surface area is 117 Å². The van der Waals surface area contributed by atoms with E-state index in [0.29, 0.717) is 10.9 Å². The number of carbonyl (C=O) groups excluding carboxylic acids is 1. The molecule has 5 nitrogen and oxygen atoms in total. The van der Waals surface area contributed by atoms with E-state index >= 15 is 0 Å². The molecule has 0 saturated heterocycles. The molecule has 0 unspecified atom stereocenters. The fourth-order valence-electron chi connectivity index (χ4n) is 1.38. The van der Waals surface area contributed by atoms with Crippen LogP contribution < -0.4 is 5.32 Å². The van der Waals surface area contributed by atoms with Gasteiger partial charge in [0.05, 0.1) is 10.9 Å². The largest absolute Gasteiger partial charge is 0.477 e. The third kappa shape index (κ3) is 3.52. The molecule has 0 aliphatic carbocycles. The summed E-state index contributed by atoms with van der Waals surface area (Å²) in [6.07, 6.45) is 0. The van der Waals surface area contributed by atoms with Crippen molar-refractivity contribution in [1.29, 1.82) is 0 Å². The van der Waals surface area contributed by atoms with Gasteiger partial charge in [-0.25, -0.2) is 9.78 Å². The van der Waals surface area contributed by atoms with Crippen LogP contribution in [-0.2, 0) is 6.54 Å². The molecule has 7 heteroatoms. The molecule has 19 heavy (non-hydrogen) atoms. The molecule has 2 aromatic heterocycles. The van der Waals surface area contributed by atoms with Gasteiger partial charge in [-0.15, -0.1) is 11.3 Å². The van der Waals surface area contributed by atoms with Crippen molar-refractivity contribution in [1.82, 2.24) is 10.3 Å². The smallest absolute Gasteiger partial charge is 0.354 e. The standard InChI is InChI=1S/C12H9ClN2O3S/c13-10-5-4-7(19-10)6-14-11(16)8-2-1-3-9(15-8)12(17)18/h1-5H,6H2,(H,14,16)(H,17,18). The Bertz CT molecular complexity index is 627. The number of thiophene rings is 1. The number of carbonyl (C=O) groups is 2. The second-order valence-electron chi connectivity index (χ2n) is 3.60. The van der Waals surface area contributed by atoms with Crippen molar-refractivity contribution in [2.24, 2.45) is 0 Å². The molecule has 2 aromatic rings. The van der Waals surface area contributed by atoms with Crippen LogP contribution in [0, 0.1) is 0 Å². The molecular weight excluding hydrogens is 288 g/mol. The highest BCUT2D eigenvalue weighted by atomic mass is 35.5. The number of aromatic carboxylic acids is 1. The van der Waals surface area contributed by atoms with Gasteiger partial charge in [-0.3, -0.25) is 4.79 Å². The van der Waals surface area contributed by atoms with Crippen LogP contribution in [0.2, 0.25) is 4.34 Å². The molecular formula is C12H9ClN2O3S. The Morgan fingerprint density at radius 3 is 2.63 bits per heavy atom. The van der Waals surface area contributed by atoms with Crippen molar-refractivity contribution in [2.45, 2.75) is 6.54 Å². The quantitative estimate of drug-likeness (QED) is 0.908. The minimum atomic E-state index is -1.17. The zero-order valence-electron chi connectivity index (χ0n) is 9.59. The molecule has 0 aliphatic rings. The van der Waals surface area contributed by atoms with Gasteiger partial charge >= 0.3 is 5.97 Å². The van der Waals surface area contributed by atoms with Gasteiger partial charge in [0, 0.05) is 4.88 Å². The van der Waals surface area contributed by atoms with E-state index < -0.39 is 11.9 Å². The second-order valence-corrected chi connectivity index (χ2v) is 5.40. The molecule has 0 aliphatic heterocycles. The van der Waals surface area contributed by atoms with Gasteiger partial charge in [-0.1, -0.05) is 17.7 Å². The molecule has 0 radical (unpaired) electrons. The van der Waals surface area contributed by atoms with Crippen LogP contribution >= 0.6 is 22.9 Å². The first kappa shape index (κ1) is 13.5. The lowest BCUT2D eigenvalue weighted by Crippen LogP contribution is -2.24. The van der Waals surface area contributed by atoms with Gasteiger partial charge in [0.25, 0.3) is 5.91 Å². The second kappa shape index (κ2) is 5.81. The van der Waals surface area contributed by atoms with E-state index in [1.165, 1.54) is 29.5 Å². The number of rotatable bonds is 4. The Morgan fingerprint density at radius 2 is 2.00 bits per heavy atom. The lowest BCUT2D eigenvalue weighted by atomic mass is 10.3. The number of carboxylic acid groups (broad SMARTS) is 1. The van der Waals surface area contributed by atoms with Gasteiger partial charge in [0.2, 0.25) is 0 Å². The van der Waals surface area contributed by atoms with Crippen LogP contribution in [0.15, 0.2) is 30.3 Å². The number of nitrogens with zero attached hydrogens (tertiary/aromatic N) is 1. The van der Waals surface area contributed by atoms with E-state index in [1.54, 1.807) is 6.07 Å². The summed E-state index contributed by atoms with van der Waals surface area (Å²) < 4.78 is 0.648. The van der Waals surface area contributed by atoms with Crippen LogP contribution in [0.25, 0.3) is 0 Å². The van der Waals surface area contributed by atoms with Crippen LogP contribution in [0.1, 0.15) is 25.9 Å². The van der Waals surface area contributed by atoms with Gasteiger partial charge in [-0.2, -0.15) is 0 Å². The van der Waals surface area contributed by atoms with E-state index in [1.807, 2.05) is 6.07 Å². The van der Waals surface area contributed by atoms with Gasteiger partial charge in [-0.05, 0) is 24.3 Å². The van der Waals surface area contributed by atoms with Gasteiger partial charge < -0.3 is 10.4 Å². The molecule has 2 rings (SSSR count). The molecule has 0 bridgehead atoms. The van der Waals surface area contributed by atoms with Crippen LogP contribution in [0.5, 0.6) is 0 Å². The predicted octanol–water partition coefficient (Wildman–Crippen LogP) is 2.42. The highest BCUT2D eigenvalue weighted by Crippen LogP contribution is 2.21. The highest BCUT2D eigenvalue weighted by molar-refractivity contribution is 7.16. The third-order valence-corrected chi connectivity index (χ3v) is 3.48. The summed E-state index contributed by atoms with van der Waals surface area (Å²) in [6, 6.07) is 7.83. The monoisotopic (exact) mass is 296 g/mol. The maximum Gasteiger partial charge on any atom is 0.354 e. The summed E-state index contributed by atoms with van der Waals surface area (Å²) in [4.78, 5) is 27.2. The molecule has 0 spiro atoms. The average molecular weight is 297 g/mol. The molecule has 0 aromatic carbocycles. The maximum atomic E-state index is 11.8. The topological polar surface area (TPSA) is 79.3 Å². The summed E-state index contributed by atoms with van der Waals surface area (Å²) >= 11 is 7.15. The normalized spacial score (nSPS) is 10.2. The lowest BCUT2D eigenvalue weighted by Gasteiger charge is -2.03. The first-order valence-corrected chi connectivity index (χ1v) is 6.48. The first-order chi connectivity index (χ1) is 9.06. The molecule has 0 fully saturated rings. The first-order valence-electron chi connectivity index (χ1n) is 5.29. The Morgan fingerprint density at radius 1 is 1.26 bits per heavy atom. The predicted molar refractivity (Wildman–Crippen MR) is 71.7 cm³/mol. The number of pyridine rings is 1. The summed E-state index contributed by atoms with van der Waals surface area (Å²) in [5.41, 5.74) is -0.0885. The number of amides is 1. The molecule has 2 N–H and O–H groups in total. The van der Waals surface area contributed by atoms with Crippen LogP contribution in [-0.4, -0.2) is 22.0 Å². The zero-order chi connectivity index (χ0) is 13.8. The minimum absolute atomic E-state index is 0.0718. The number of carboxylic acids is 1. The van der Waals surface area contributed by atoms with E-state index in [2.05, 4.69) is 10.3 Å². The number of halogens is 1. The summed E-state index contributed by atoms with van der Waals surface area (Å²) in [5, 5.41) is 11.4. The van der Waals surface area contributed by atoms with Gasteiger partial charge in [0.15, 0.2) is 0 Å². The van der Waals surface area contributed by atoms with Crippen molar-refractivity contribution in [3.8, 4) is 0 Å². The Hall–Kier alpha value is -1.92. The van der Waals surface area contributed by atoms with Crippen molar-refractivity contribution in [2.75, 3.05) is 0 Å². The zero-order valence-corrected chi connectivity index (χ0v) is 11.2. The van der Waals surface area contributed by atoms with E-state index in [-0.39, 0.29) is 11.4 Å². The SMILES string of the molecule is O=C(O)c1cccc(C(=O)NCc2ccc(Cl)s2)n1. The average Bonchev–Trinajstić information content (AvgIpc) is 2.82. The number of hydrogen-bond donors (Lipinski definition) is 2. The van der Waals surface area contributed by atoms with E-state index in [4.69, 9.17) is 16.7 Å². The van der Waals surface area contributed by atoms with Crippen LogP contribution in [0.3, 0.4) is 0 Å².